The second-order valence-corrected chi connectivity index (χ2v) is 5.79. The Kier molecular flexibility index (Phi) is 2.72. The minimum absolute atomic E-state index is 0.106. The fourth-order valence-electron chi connectivity index (χ4n) is 3.51. The van der Waals surface area contributed by atoms with Gasteiger partial charge in [-0.15, -0.1) is 0 Å². The maximum atomic E-state index is 6.66. The van der Waals surface area contributed by atoms with Gasteiger partial charge in [0.25, 0.3) is 0 Å². The van der Waals surface area contributed by atoms with Crippen LogP contribution in [0.4, 0.5) is 0 Å². The predicted molar refractivity (Wildman–Crippen MR) is 70.8 cm³/mol. The van der Waals surface area contributed by atoms with Crippen molar-refractivity contribution in [1.29, 1.82) is 0 Å². The van der Waals surface area contributed by atoms with Gasteiger partial charge in [-0.25, -0.2) is 0 Å². The van der Waals surface area contributed by atoms with Crippen LogP contribution >= 0.6 is 0 Å². The zero-order chi connectivity index (χ0) is 11.9. The molecule has 2 aliphatic carbocycles. The van der Waals surface area contributed by atoms with E-state index in [9.17, 15) is 0 Å². The Bertz CT molecular complexity index is 417. The molecule has 0 aliphatic heterocycles. The summed E-state index contributed by atoms with van der Waals surface area (Å²) in [6.07, 6.45) is 7.98. The number of hydrogen-bond acceptors (Lipinski definition) is 2. The van der Waals surface area contributed by atoms with E-state index in [1.807, 2.05) is 0 Å². The molecule has 0 amide bonds. The number of fused-ring (bicyclic) bond motifs is 1. The molecular formula is C15H22N2. The molecule has 92 valence electrons. The SMILES string of the molecule is NC1CCC(N)(c2cccc3c2CCC3)CC1. The minimum Gasteiger partial charge on any atom is -0.328 e. The maximum absolute atomic E-state index is 6.66. The molecule has 17 heavy (non-hydrogen) atoms. The lowest BCUT2D eigenvalue weighted by molar-refractivity contribution is 0.276. The van der Waals surface area contributed by atoms with Crippen molar-refractivity contribution in [2.45, 2.75) is 56.5 Å². The van der Waals surface area contributed by atoms with Crippen LogP contribution in [0.15, 0.2) is 18.2 Å². The fraction of sp³-hybridized carbons (Fsp3) is 0.600. The second kappa shape index (κ2) is 4.11. The van der Waals surface area contributed by atoms with Crippen LogP contribution in [0.2, 0.25) is 0 Å². The molecule has 0 spiro atoms. The molecular weight excluding hydrogens is 208 g/mol. The number of nitrogens with two attached hydrogens (primary N) is 2. The summed E-state index contributed by atoms with van der Waals surface area (Å²) in [5.74, 6) is 0. The Morgan fingerprint density at radius 3 is 2.65 bits per heavy atom. The fourth-order valence-corrected chi connectivity index (χ4v) is 3.51. The maximum Gasteiger partial charge on any atom is 0.0413 e. The van der Waals surface area contributed by atoms with E-state index < -0.39 is 0 Å². The first-order chi connectivity index (χ1) is 8.19. The summed E-state index contributed by atoms with van der Waals surface area (Å²) in [6.45, 7) is 0. The van der Waals surface area contributed by atoms with Crippen molar-refractivity contribution >= 4 is 0 Å². The highest BCUT2D eigenvalue weighted by molar-refractivity contribution is 5.42. The number of hydrogen-bond donors (Lipinski definition) is 2. The van der Waals surface area contributed by atoms with Crippen LogP contribution in [0, 0.1) is 0 Å². The third-order valence-electron chi connectivity index (χ3n) is 4.60. The Morgan fingerprint density at radius 2 is 1.88 bits per heavy atom. The van der Waals surface area contributed by atoms with Crippen LogP contribution in [0.5, 0.6) is 0 Å². The lowest BCUT2D eigenvalue weighted by Crippen LogP contribution is -2.44. The van der Waals surface area contributed by atoms with E-state index in [0.717, 1.165) is 25.7 Å². The summed E-state index contributed by atoms with van der Waals surface area (Å²) in [5.41, 5.74) is 17.0. The Hall–Kier alpha value is -0.860. The third-order valence-corrected chi connectivity index (χ3v) is 4.60. The molecule has 2 heteroatoms. The van der Waals surface area contributed by atoms with Crippen LogP contribution in [0.25, 0.3) is 0 Å². The van der Waals surface area contributed by atoms with Gasteiger partial charge in [0.2, 0.25) is 0 Å². The zero-order valence-electron chi connectivity index (χ0n) is 10.4. The highest BCUT2D eigenvalue weighted by Gasteiger charge is 2.34. The van der Waals surface area contributed by atoms with Gasteiger partial charge in [0.15, 0.2) is 0 Å². The second-order valence-electron chi connectivity index (χ2n) is 5.79. The van der Waals surface area contributed by atoms with Gasteiger partial charge >= 0.3 is 0 Å². The van der Waals surface area contributed by atoms with Crippen LogP contribution in [0.1, 0.15) is 48.8 Å². The first-order valence-corrected chi connectivity index (χ1v) is 6.85. The molecule has 3 rings (SSSR count). The first-order valence-electron chi connectivity index (χ1n) is 6.85. The van der Waals surface area contributed by atoms with E-state index in [0.29, 0.717) is 6.04 Å². The summed E-state index contributed by atoms with van der Waals surface area (Å²) in [5, 5.41) is 0. The lowest BCUT2D eigenvalue weighted by atomic mass is 9.74. The summed E-state index contributed by atoms with van der Waals surface area (Å²) in [7, 11) is 0. The smallest absolute Gasteiger partial charge is 0.0413 e. The average Bonchev–Trinajstić information content (AvgIpc) is 2.81. The average molecular weight is 230 g/mol. The van der Waals surface area contributed by atoms with Crippen molar-refractivity contribution in [3.05, 3.63) is 34.9 Å². The molecule has 2 aliphatic rings. The molecule has 1 aromatic carbocycles. The number of aryl methyl sites for hydroxylation is 1. The Labute approximate surface area is 103 Å². The van der Waals surface area contributed by atoms with Crippen LogP contribution in [-0.4, -0.2) is 6.04 Å². The Morgan fingerprint density at radius 1 is 1.12 bits per heavy atom. The van der Waals surface area contributed by atoms with E-state index in [4.69, 9.17) is 11.5 Å². The minimum atomic E-state index is -0.106. The van der Waals surface area contributed by atoms with Gasteiger partial charge in [0.1, 0.15) is 0 Å². The summed E-state index contributed by atoms with van der Waals surface area (Å²) in [4.78, 5) is 0. The quantitative estimate of drug-likeness (QED) is 0.777. The molecule has 0 radical (unpaired) electrons. The highest BCUT2D eigenvalue weighted by Crippen LogP contribution is 2.39. The summed E-state index contributed by atoms with van der Waals surface area (Å²) in [6, 6.07) is 7.07. The number of benzene rings is 1. The predicted octanol–water partition coefficient (Wildman–Crippen LogP) is 2.23. The van der Waals surface area contributed by atoms with Gasteiger partial charge in [-0.1, -0.05) is 18.2 Å². The molecule has 0 bridgehead atoms. The van der Waals surface area contributed by atoms with Gasteiger partial charge in [-0.3, -0.25) is 0 Å². The molecule has 0 heterocycles. The molecule has 0 saturated heterocycles. The summed E-state index contributed by atoms with van der Waals surface area (Å²) < 4.78 is 0. The van der Waals surface area contributed by atoms with Gasteiger partial charge < -0.3 is 11.5 Å². The molecule has 1 aromatic rings. The van der Waals surface area contributed by atoms with Crippen LogP contribution in [0.3, 0.4) is 0 Å². The molecule has 1 saturated carbocycles. The largest absolute Gasteiger partial charge is 0.328 e. The van der Waals surface area contributed by atoms with Crippen molar-refractivity contribution in [3.8, 4) is 0 Å². The van der Waals surface area contributed by atoms with Crippen molar-refractivity contribution in [1.82, 2.24) is 0 Å². The van der Waals surface area contributed by atoms with Crippen molar-refractivity contribution in [2.24, 2.45) is 11.5 Å². The van der Waals surface area contributed by atoms with Crippen molar-refractivity contribution in [3.63, 3.8) is 0 Å². The molecule has 4 N–H and O–H groups in total. The Balaban J connectivity index is 1.96. The van der Waals surface area contributed by atoms with Gasteiger partial charge in [0, 0.05) is 11.6 Å². The van der Waals surface area contributed by atoms with E-state index in [2.05, 4.69) is 18.2 Å². The normalized spacial score (nSPS) is 32.5. The van der Waals surface area contributed by atoms with Gasteiger partial charge in [-0.2, -0.15) is 0 Å². The van der Waals surface area contributed by atoms with E-state index in [-0.39, 0.29) is 5.54 Å². The molecule has 2 nitrogen and oxygen atoms in total. The van der Waals surface area contributed by atoms with Crippen molar-refractivity contribution in [2.75, 3.05) is 0 Å². The first kappa shape index (κ1) is 11.2. The molecule has 0 unspecified atom stereocenters. The lowest BCUT2D eigenvalue weighted by Gasteiger charge is -2.37. The van der Waals surface area contributed by atoms with Crippen LogP contribution < -0.4 is 11.5 Å². The third kappa shape index (κ3) is 1.90. The summed E-state index contributed by atoms with van der Waals surface area (Å²) >= 11 is 0. The molecule has 0 atom stereocenters. The van der Waals surface area contributed by atoms with Crippen molar-refractivity contribution < 1.29 is 0 Å². The van der Waals surface area contributed by atoms with Gasteiger partial charge in [-0.05, 0) is 61.6 Å². The zero-order valence-corrected chi connectivity index (χ0v) is 10.4. The monoisotopic (exact) mass is 230 g/mol. The topological polar surface area (TPSA) is 52.0 Å². The molecule has 0 aromatic heterocycles. The number of rotatable bonds is 1. The highest BCUT2D eigenvalue weighted by atomic mass is 14.8. The van der Waals surface area contributed by atoms with E-state index >= 15 is 0 Å². The molecule has 1 fully saturated rings. The van der Waals surface area contributed by atoms with E-state index in [1.54, 1.807) is 5.56 Å². The van der Waals surface area contributed by atoms with Crippen LogP contribution in [-0.2, 0) is 18.4 Å². The standard InChI is InChI=1S/C15H22N2/c16-12-7-9-15(17,10-8-12)14-6-2-4-11-3-1-5-13(11)14/h2,4,6,12H,1,3,5,7-10,16-17H2. The van der Waals surface area contributed by atoms with Gasteiger partial charge in [0.05, 0.1) is 0 Å². The van der Waals surface area contributed by atoms with E-state index in [1.165, 1.54) is 30.4 Å².